The normalized spacial score (nSPS) is 32.4. The molecule has 0 fully saturated rings. The first-order valence-corrected chi connectivity index (χ1v) is 11.1. The summed E-state index contributed by atoms with van der Waals surface area (Å²) in [6, 6.07) is 0. The highest BCUT2D eigenvalue weighted by atomic mass is 16.5. The van der Waals surface area contributed by atoms with Crippen LogP contribution in [0.3, 0.4) is 0 Å². The van der Waals surface area contributed by atoms with Crippen molar-refractivity contribution >= 4 is 5.97 Å². The topological polar surface area (TPSA) is 116 Å². The van der Waals surface area contributed by atoms with E-state index in [9.17, 15) is 25.2 Å². The molecule has 0 amide bonds. The number of carbonyl (C=O) groups excluding carboxylic acids is 1. The fraction of sp³-hybridized carbons (Fsp3) is 0.560. The summed E-state index contributed by atoms with van der Waals surface area (Å²) in [4.78, 5) is 11.9. The van der Waals surface area contributed by atoms with Crippen LogP contribution >= 0.6 is 0 Å². The van der Waals surface area contributed by atoms with Crippen LogP contribution < -0.4 is 0 Å². The van der Waals surface area contributed by atoms with Crippen molar-refractivity contribution in [1.29, 1.82) is 0 Å². The lowest BCUT2D eigenvalue weighted by molar-refractivity contribution is -0.142. The second-order valence-corrected chi connectivity index (χ2v) is 7.93. The predicted molar refractivity (Wildman–Crippen MR) is 124 cm³/mol. The molecule has 0 radical (unpaired) electrons. The van der Waals surface area contributed by atoms with E-state index in [1.54, 1.807) is 55.5 Å². The molecule has 0 aromatic rings. The molecule has 1 heterocycles. The Labute approximate surface area is 191 Å². The van der Waals surface area contributed by atoms with Crippen molar-refractivity contribution in [3.8, 4) is 0 Å². The third kappa shape index (κ3) is 13.4. The van der Waals surface area contributed by atoms with Crippen LogP contribution in [0.4, 0.5) is 0 Å². The molecule has 0 saturated carbocycles. The number of hydrogen-bond donors (Lipinski definition) is 4. The number of aliphatic hydroxyl groups is 4. The molecule has 6 atom stereocenters. The maximum atomic E-state index is 11.9. The number of cyclic esters (lactones) is 1. The second-order valence-electron chi connectivity index (χ2n) is 7.93. The van der Waals surface area contributed by atoms with Gasteiger partial charge in [-0.1, -0.05) is 54.7 Å². The van der Waals surface area contributed by atoms with Crippen molar-refractivity contribution in [3.63, 3.8) is 0 Å². The number of carbonyl (C=O) groups is 1. The Hall–Kier alpha value is -2.03. The summed E-state index contributed by atoms with van der Waals surface area (Å²) >= 11 is 0. The summed E-state index contributed by atoms with van der Waals surface area (Å²) in [6.45, 7) is 1.80. The zero-order chi connectivity index (χ0) is 23.8. The van der Waals surface area contributed by atoms with Crippen LogP contribution in [0.2, 0.25) is 0 Å². The van der Waals surface area contributed by atoms with E-state index in [-0.39, 0.29) is 12.5 Å². The molecule has 0 aromatic heterocycles. The van der Waals surface area contributed by atoms with Crippen LogP contribution in [0.1, 0.15) is 45.4 Å². The van der Waals surface area contributed by atoms with Crippen LogP contribution in [-0.2, 0) is 14.3 Å². The average molecular weight is 451 g/mol. The van der Waals surface area contributed by atoms with Gasteiger partial charge in [0, 0.05) is 19.6 Å². The fourth-order valence-corrected chi connectivity index (χ4v) is 3.15. The van der Waals surface area contributed by atoms with Gasteiger partial charge in [-0.3, -0.25) is 0 Å². The summed E-state index contributed by atoms with van der Waals surface area (Å²) in [7, 11) is 1.48. The Balaban J connectivity index is 2.79. The first-order valence-electron chi connectivity index (χ1n) is 11.1. The number of methoxy groups -OCH3 is 1. The lowest BCUT2D eigenvalue weighted by Gasteiger charge is -2.20. The van der Waals surface area contributed by atoms with Gasteiger partial charge in [0.1, 0.15) is 6.10 Å². The molecule has 0 unspecified atom stereocenters. The molecule has 4 N–H and O–H groups in total. The molecule has 0 aromatic carbocycles. The zero-order valence-corrected chi connectivity index (χ0v) is 19.0. The van der Waals surface area contributed by atoms with E-state index in [0.29, 0.717) is 32.1 Å². The van der Waals surface area contributed by atoms with Crippen molar-refractivity contribution in [1.82, 2.24) is 0 Å². The zero-order valence-electron chi connectivity index (χ0n) is 19.0. The maximum absolute atomic E-state index is 11.9. The number of allylic oxidation sites excluding steroid dienone is 4. The number of hydrogen-bond acceptors (Lipinski definition) is 7. The Morgan fingerprint density at radius 1 is 0.906 bits per heavy atom. The highest BCUT2D eigenvalue weighted by Gasteiger charge is 2.17. The van der Waals surface area contributed by atoms with Gasteiger partial charge in [-0.05, 0) is 39.0 Å². The minimum absolute atomic E-state index is 0.154. The van der Waals surface area contributed by atoms with Crippen LogP contribution in [-0.4, -0.2) is 70.1 Å². The quantitative estimate of drug-likeness (QED) is 0.358. The van der Waals surface area contributed by atoms with E-state index in [1.807, 2.05) is 0 Å². The third-order valence-electron chi connectivity index (χ3n) is 4.96. The van der Waals surface area contributed by atoms with Crippen LogP contribution in [0.15, 0.2) is 60.8 Å². The number of ether oxygens (including phenoxy) is 2. The SMILES string of the molecule is CO[C@@H]1C=C[C@H](O)C[C@@H](O)CC=CC=C[C@@H](O)CC=CC=CC(=O)O[C@@H](C)CCC[C@@H]1O. The first kappa shape index (κ1) is 28.0. The highest BCUT2D eigenvalue weighted by Crippen LogP contribution is 2.13. The Kier molecular flexibility index (Phi) is 14.5. The number of aliphatic hydroxyl groups excluding tert-OH is 4. The molecule has 1 aliphatic heterocycles. The minimum Gasteiger partial charge on any atom is -0.460 e. The van der Waals surface area contributed by atoms with Crippen molar-refractivity contribution in [3.05, 3.63) is 60.8 Å². The molecule has 7 heteroatoms. The summed E-state index contributed by atoms with van der Waals surface area (Å²) in [5.74, 6) is -0.448. The smallest absolute Gasteiger partial charge is 0.331 e. The fourth-order valence-electron chi connectivity index (χ4n) is 3.15. The number of rotatable bonds is 1. The monoisotopic (exact) mass is 450 g/mol. The molecule has 180 valence electrons. The molecule has 1 rings (SSSR count). The van der Waals surface area contributed by atoms with Crippen LogP contribution in [0, 0.1) is 0 Å². The van der Waals surface area contributed by atoms with E-state index in [4.69, 9.17) is 9.47 Å². The van der Waals surface area contributed by atoms with Gasteiger partial charge >= 0.3 is 5.97 Å². The third-order valence-corrected chi connectivity index (χ3v) is 4.96. The van der Waals surface area contributed by atoms with Gasteiger partial charge in [-0.15, -0.1) is 0 Å². The molecule has 0 bridgehead atoms. The van der Waals surface area contributed by atoms with E-state index < -0.39 is 36.5 Å². The molecule has 7 nitrogen and oxygen atoms in total. The Morgan fingerprint density at radius 3 is 2.38 bits per heavy atom. The summed E-state index contributed by atoms with van der Waals surface area (Å²) in [5, 5.41) is 40.5. The average Bonchev–Trinajstić information content (AvgIpc) is 2.72. The van der Waals surface area contributed by atoms with E-state index in [0.717, 1.165) is 0 Å². The van der Waals surface area contributed by atoms with Gasteiger partial charge in [0.05, 0.1) is 30.5 Å². The van der Waals surface area contributed by atoms with E-state index in [2.05, 4.69) is 0 Å². The lowest BCUT2D eigenvalue weighted by Crippen LogP contribution is -2.27. The standard InChI is InChI=1S/C25H38O7/c1-19-10-9-14-23(29)24(31-2)17-16-22(28)18-21(27)13-7-3-5-11-20(26)12-6-4-8-15-25(30)32-19/h3-8,11,15-17,19-24,26-29H,9-10,12-14,18H2,1-2H3/t19-,20+,21-,22-,23-,24+/m0/s1. The molecule has 32 heavy (non-hydrogen) atoms. The minimum atomic E-state index is -0.870. The van der Waals surface area contributed by atoms with Gasteiger partial charge in [0.25, 0.3) is 0 Å². The molecule has 0 spiro atoms. The van der Waals surface area contributed by atoms with Crippen molar-refractivity contribution in [2.75, 3.05) is 7.11 Å². The largest absolute Gasteiger partial charge is 0.460 e. The number of esters is 1. The predicted octanol–water partition coefficient (Wildman–Crippen LogP) is 2.51. The second kappa shape index (κ2) is 16.6. The Bertz CT molecular complexity index is 665. The summed E-state index contributed by atoms with van der Waals surface area (Å²) in [5.41, 5.74) is 0. The lowest BCUT2D eigenvalue weighted by atomic mass is 10.0. The van der Waals surface area contributed by atoms with Crippen LogP contribution in [0.25, 0.3) is 0 Å². The maximum Gasteiger partial charge on any atom is 0.331 e. The van der Waals surface area contributed by atoms with Gasteiger partial charge in [0.2, 0.25) is 0 Å². The van der Waals surface area contributed by atoms with E-state index in [1.165, 1.54) is 19.3 Å². The van der Waals surface area contributed by atoms with Gasteiger partial charge in [-0.25, -0.2) is 4.79 Å². The molecular weight excluding hydrogens is 412 g/mol. The van der Waals surface area contributed by atoms with Crippen molar-refractivity contribution in [2.45, 2.75) is 82.1 Å². The van der Waals surface area contributed by atoms with Gasteiger partial charge < -0.3 is 29.9 Å². The molecular formula is C25H38O7. The van der Waals surface area contributed by atoms with Gasteiger partial charge in [0.15, 0.2) is 0 Å². The van der Waals surface area contributed by atoms with Crippen molar-refractivity contribution in [2.24, 2.45) is 0 Å². The Morgan fingerprint density at radius 2 is 1.62 bits per heavy atom. The molecule has 0 saturated heterocycles. The van der Waals surface area contributed by atoms with E-state index >= 15 is 0 Å². The van der Waals surface area contributed by atoms with Gasteiger partial charge in [-0.2, -0.15) is 0 Å². The first-order chi connectivity index (χ1) is 15.3. The molecule has 1 aliphatic rings. The summed E-state index contributed by atoms with van der Waals surface area (Å²) in [6.07, 6.45) is 14.9. The molecule has 0 aliphatic carbocycles. The van der Waals surface area contributed by atoms with Crippen LogP contribution in [0.5, 0.6) is 0 Å². The highest BCUT2D eigenvalue weighted by molar-refractivity contribution is 5.82. The van der Waals surface area contributed by atoms with Crippen molar-refractivity contribution < 1.29 is 34.7 Å². The summed E-state index contributed by atoms with van der Waals surface area (Å²) < 4.78 is 10.6.